The van der Waals surface area contributed by atoms with E-state index in [1.807, 2.05) is 12.2 Å². The molecule has 1 aromatic rings. The van der Waals surface area contributed by atoms with E-state index in [9.17, 15) is 0 Å². The Balaban J connectivity index is 2.64. The van der Waals surface area contributed by atoms with Gasteiger partial charge in [0.15, 0.2) is 0 Å². The van der Waals surface area contributed by atoms with Crippen LogP contribution in [0.1, 0.15) is 11.1 Å². The first-order valence-corrected chi connectivity index (χ1v) is 4.75. The number of allylic oxidation sites excluding steroid dienone is 4. The van der Waals surface area contributed by atoms with E-state index in [0.717, 1.165) is 12.0 Å². The normalized spacial score (nSPS) is 10.4. The third kappa shape index (κ3) is 3.44. The highest BCUT2D eigenvalue weighted by Gasteiger charge is 1.93. The smallest absolute Gasteiger partial charge is 0.00315 e. The van der Waals surface area contributed by atoms with Crippen LogP contribution in [0.3, 0.4) is 0 Å². The van der Waals surface area contributed by atoms with Gasteiger partial charge in [0.1, 0.15) is 0 Å². The fourth-order valence-corrected chi connectivity index (χ4v) is 1.35. The first-order chi connectivity index (χ1) is 6.72. The van der Waals surface area contributed by atoms with Crippen molar-refractivity contribution in [3.63, 3.8) is 0 Å². The van der Waals surface area contributed by atoms with Gasteiger partial charge in [-0.25, -0.2) is 0 Å². The molecule has 0 fully saturated rings. The maximum atomic E-state index is 3.98. The van der Waals surface area contributed by atoms with Gasteiger partial charge < -0.3 is 0 Å². The zero-order chi connectivity index (χ0) is 10.4. The second kappa shape index (κ2) is 5.23. The van der Waals surface area contributed by atoms with E-state index in [4.69, 9.17) is 0 Å². The number of rotatable bonds is 4. The first-order valence-electron chi connectivity index (χ1n) is 4.75. The highest BCUT2D eigenvalue weighted by molar-refractivity contribution is 5.30. The van der Waals surface area contributed by atoms with Crippen LogP contribution in [0.5, 0.6) is 0 Å². The Labute approximate surface area is 86.3 Å². The van der Waals surface area contributed by atoms with Crippen molar-refractivity contribution >= 4 is 0 Å². The Hall–Kier alpha value is -1.56. The summed E-state index contributed by atoms with van der Waals surface area (Å²) in [4.78, 5) is 0. The lowest BCUT2D eigenvalue weighted by Gasteiger charge is -2.01. The van der Waals surface area contributed by atoms with Gasteiger partial charge in [-0.2, -0.15) is 0 Å². The van der Waals surface area contributed by atoms with Crippen molar-refractivity contribution in [2.24, 2.45) is 0 Å². The van der Waals surface area contributed by atoms with Crippen LogP contribution in [0.25, 0.3) is 0 Å². The highest BCUT2D eigenvalue weighted by Crippen LogP contribution is 2.09. The molecule has 72 valence electrons. The second-order valence-electron chi connectivity index (χ2n) is 3.42. The molecule has 1 rings (SSSR count). The molecule has 0 aromatic heterocycles. The minimum absolute atomic E-state index is 0.909. The van der Waals surface area contributed by atoms with Gasteiger partial charge in [-0.05, 0) is 18.9 Å². The van der Waals surface area contributed by atoms with Gasteiger partial charge in [-0.3, -0.25) is 0 Å². The summed E-state index contributed by atoms with van der Waals surface area (Å²) in [5.41, 5.74) is 3.71. The Morgan fingerprint density at radius 2 is 2.21 bits per heavy atom. The Kier molecular flexibility index (Phi) is 3.93. The second-order valence-corrected chi connectivity index (χ2v) is 3.42. The zero-order valence-electron chi connectivity index (χ0n) is 8.66. The van der Waals surface area contributed by atoms with Gasteiger partial charge in [-0.1, -0.05) is 66.8 Å². The highest BCUT2D eigenvalue weighted by atomic mass is 14.0. The molecule has 0 atom stereocenters. The van der Waals surface area contributed by atoms with Crippen molar-refractivity contribution in [2.45, 2.75) is 13.3 Å². The van der Waals surface area contributed by atoms with E-state index < -0.39 is 0 Å². The summed E-state index contributed by atoms with van der Waals surface area (Å²) in [6, 6.07) is 8.49. The molecule has 0 heteroatoms. The number of hydrogen-bond acceptors (Lipinski definition) is 0. The number of benzene rings is 1. The van der Waals surface area contributed by atoms with Crippen molar-refractivity contribution in [3.8, 4) is 0 Å². The minimum Gasteiger partial charge on any atom is -0.0991 e. The molecule has 0 N–H and O–H groups in total. The predicted molar refractivity (Wildman–Crippen MR) is 63.4 cm³/mol. The number of aryl methyl sites for hydroxylation is 1. The van der Waals surface area contributed by atoms with Gasteiger partial charge >= 0.3 is 0 Å². The molecule has 0 aliphatic carbocycles. The van der Waals surface area contributed by atoms with Crippen LogP contribution >= 0.6 is 0 Å². The average Bonchev–Trinajstić information content (AvgIpc) is 2.15. The SMILES string of the molecule is C=C/C=C\C(=C)Cc1cccc(C)c1. The molecule has 1 aromatic carbocycles. The molecule has 0 amide bonds. The molecule has 0 unspecified atom stereocenters. The fourth-order valence-electron chi connectivity index (χ4n) is 1.35. The van der Waals surface area contributed by atoms with Crippen molar-refractivity contribution in [2.75, 3.05) is 0 Å². The van der Waals surface area contributed by atoms with Crippen molar-refractivity contribution < 1.29 is 0 Å². The van der Waals surface area contributed by atoms with Crippen LogP contribution in [0.15, 0.2) is 61.2 Å². The fraction of sp³-hybridized carbons (Fsp3) is 0.143. The van der Waals surface area contributed by atoms with Crippen LogP contribution in [-0.2, 0) is 6.42 Å². The Morgan fingerprint density at radius 3 is 2.86 bits per heavy atom. The van der Waals surface area contributed by atoms with E-state index >= 15 is 0 Å². The summed E-state index contributed by atoms with van der Waals surface area (Å²) in [6.45, 7) is 9.71. The molecule has 0 saturated heterocycles. The third-order valence-electron chi connectivity index (χ3n) is 1.98. The first kappa shape index (κ1) is 10.5. The average molecular weight is 184 g/mol. The summed E-state index contributed by atoms with van der Waals surface area (Å²) in [7, 11) is 0. The molecule has 14 heavy (non-hydrogen) atoms. The van der Waals surface area contributed by atoms with Crippen molar-refractivity contribution in [3.05, 3.63) is 72.4 Å². The van der Waals surface area contributed by atoms with Crippen molar-refractivity contribution in [1.29, 1.82) is 0 Å². The lowest BCUT2D eigenvalue weighted by Crippen LogP contribution is -1.86. The summed E-state index contributed by atoms with van der Waals surface area (Å²) in [6.07, 6.45) is 6.58. The van der Waals surface area contributed by atoms with Crippen LogP contribution < -0.4 is 0 Å². The summed E-state index contributed by atoms with van der Waals surface area (Å²) in [5.74, 6) is 0. The summed E-state index contributed by atoms with van der Waals surface area (Å²) in [5, 5.41) is 0. The van der Waals surface area contributed by atoms with Gasteiger partial charge in [-0.15, -0.1) is 0 Å². The molecule has 0 aliphatic rings. The lowest BCUT2D eigenvalue weighted by atomic mass is 10.0. The van der Waals surface area contributed by atoms with E-state index in [1.54, 1.807) is 6.08 Å². The van der Waals surface area contributed by atoms with E-state index in [1.165, 1.54) is 11.1 Å². The number of hydrogen-bond donors (Lipinski definition) is 0. The Morgan fingerprint density at radius 1 is 1.43 bits per heavy atom. The molecule has 0 aliphatic heterocycles. The zero-order valence-corrected chi connectivity index (χ0v) is 8.66. The van der Waals surface area contributed by atoms with Crippen molar-refractivity contribution in [1.82, 2.24) is 0 Å². The van der Waals surface area contributed by atoms with Crippen LogP contribution in [-0.4, -0.2) is 0 Å². The Bertz CT molecular complexity index is 356. The van der Waals surface area contributed by atoms with Gasteiger partial charge in [0.2, 0.25) is 0 Å². The monoisotopic (exact) mass is 184 g/mol. The van der Waals surface area contributed by atoms with Crippen LogP contribution in [0, 0.1) is 6.92 Å². The molecule has 0 nitrogen and oxygen atoms in total. The molecule has 0 spiro atoms. The lowest BCUT2D eigenvalue weighted by molar-refractivity contribution is 1.19. The molecular formula is C14H16. The maximum Gasteiger partial charge on any atom is -0.00315 e. The van der Waals surface area contributed by atoms with E-state index in [-0.39, 0.29) is 0 Å². The molecule has 0 saturated carbocycles. The third-order valence-corrected chi connectivity index (χ3v) is 1.98. The maximum absolute atomic E-state index is 3.98. The van der Waals surface area contributed by atoms with E-state index in [0.29, 0.717) is 0 Å². The topological polar surface area (TPSA) is 0 Å². The minimum atomic E-state index is 0.909. The van der Waals surface area contributed by atoms with E-state index in [2.05, 4.69) is 44.3 Å². The molecule has 0 heterocycles. The quantitative estimate of drug-likeness (QED) is 0.624. The standard InChI is InChI=1S/C14H16/c1-4-5-7-12(2)10-14-9-6-8-13(3)11-14/h4-9,11H,1-2,10H2,3H3/b7-5-. The van der Waals surface area contributed by atoms with Gasteiger partial charge in [0, 0.05) is 0 Å². The molecule has 0 bridgehead atoms. The predicted octanol–water partition coefficient (Wildman–Crippen LogP) is 3.84. The van der Waals surface area contributed by atoms with Gasteiger partial charge in [0.05, 0.1) is 0 Å². The molecular weight excluding hydrogens is 168 g/mol. The van der Waals surface area contributed by atoms with Gasteiger partial charge in [0.25, 0.3) is 0 Å². The molecule has 0 radical (unpaired) electrons. The van der Waals surface area contributed by atoms with Crippen LogP contribution in [0.4, 0.5) is 0 Å². The summed E-state index contributed by atoms with van der Waals surface area (Å²) >= 11 is 0. The summed E-state index contributed by atoms with van der Waals surface area (Å²) < 4.78 is 0. The largest absolute Gasteiger partial charge is 0.0991 e. The van der Waals surface area contributed by atoms with Crippen LogP contribution in [0.2, 0.25) is 0 Å².